The SMILES string of the molecule is CC.Cc1ccc(P)c(C)c1C. The van der Waals surface area contributed by atoms with Crippen LogP contribution in [-0.2, 0) is 0 Å². The molecule has 1 heteroatoms. The van der Waals surface area contributed by atoms with Crippen LogP contribution in [0.5, 0.6) is 0 Å². The molecule has 0 nitrogen and oxygen atoms in total. The lowest BCUT2D eigenvalue weighted by Gasteiger charge is -2.05. The molecule has 0 aromatic heterocycles. The maximum atomic E-state index is 2.74. The molecule has 0 fully saturated rings. The summed E-state index contributed by atoms with van der Waals surface area (Å²) < 4.78 is 0. The Morgan fingerprint density at radius 2 is 1.42 bits per heavy atom. The van der Waals surface area contributed by atoms with Gasteiger partial charge in [-0.1, -0.05) is 26.0 Å². The minimum absolute atomic E-state index is 1.31. The van der Waals surface area contributed by atoms with Gasteiger partial charge >= 0.3 is 0 Å². The molecule has 0 aliphatic carbocycles. The van der Waals surface area contributed by atoms with Crippen LogP contribution in [0.3, 0.4) is 0 Å². The van der Waals surface area contributed by atoms with Gasteiger partial charge in [0.05, 0.1) is 0 Å². The summed E-state index contributed by atoms with van der Waals surface area (Å²) in [7, 11) is 2.74. The van der Waals surface area contributed by atoms with Gasteiger partial charge in [0.1, 0.15) is 0 Å². The Hall–Kier alpha value is -0.350. The van der Waals surface area contributed by atoms with Gasteiger partial charge in [-0.25, -0.2) is 0 Å². The molecule has 1 rings (SSSR count). The molecule has 0 spiro atoms. The molecule has 12 heavy (non-hydrogen) atoms. The molecule has 1 unspecified atom stereocenters. The fourth-order valence-electron chi connectivity index (χ4n) is 0.977. The highest BCUT2D eigenvalue weighted by atomic mass is 31.0. The highest BCUT2D eigenvalue weighted by Gasteiger charge is 1.97. The summed E-state index contributed by atoms with van der Waals surface area (Å²) in [6.07, 6.45) is 0. The number of aryl methyl sites for hydroxylation is 1. The first kappa shape index (κ1) is 11.6. The van der Waals surface area contributed by atoms with Crippen LogP contribution in [0.25, 0.3) is 0 Å². The summed E-state index contributed by atoms with van der Waals surface area (Å²) in [5.74, 6) is 0. The first-order valence-corrected chi connectivity index (χ1v) is 5.03. The lowest BCUT2D eigenvalue weighted by molar-refractivity contribution is 1.29. The Labute approximate surface area is 78.6 Å². The lowest BCUT2D eigenvalue weighted by Crippen LogP contribution is -2.00. The van der Waals surface area contributed by atoms with Crippen molar-refractivity contribution in [1.29, 1.82) is 0 Å². The quantitative estimate of drug-likeness (QED) is 0.541. The van der Waals surface area contributed by atoms with Crippen molar-refractivity contribution in [3.05, 3.63) is 28.8 Å². The van der Waals surface area contributed by atoms with Gasteiger partial charge in [0, 0.05) is 0 Å². The molecule has 1 atom stereocenters. The predicted molar refractivity (Wildman–Crippen MR) is 61.3 cm³/mol. The summed E-state index contributed by atoms with van der Waals surface area (Å²) in [6, 6.07) is 4.30. The van der Waals surface area contributed by atoms with E-state index in [0.29, 0.717) is 0 Å². The van der Waals surface area contributed by atoms with Crippen molar-refractivity contribution < 1.29 is 0 Å². The van der Waals surface area contributed by atoms with E-state index < -0.39 is 0 Å². The fraction of sp³-hybridized carbons (Fsp3) is 0.455. The van der Waals surface area contributed by atoms with E-state index in [1.54, 1.807) is 0 Å². The highest BCUT2D eigenvalue weighted by Crippen LogP contribution is 2.10. The van der Waals surface area contributed by atoms with E-state index in [1.807, 2.05) is 13.8 Å². The largest absolute Gasteiger partial charge is 0.105 e. The third kappa shape index (κ3) is 2.60. The number of rotatable bonds is 0. The zero-order valence-corrected chi connectivity index (χ0v) is 9.89. The van der Waals surface area contributed by atoms with Crippen molar-refractivity contribution in [2.75, 3.05) is 0 Å². The second-order valence-electron chi connectivity index (χ2n) is 2.72. The number of hydrogen-bond donors (Lipinski definition) is 0. The molecule has 0 N–H and O–H groups in total. The number of benzene rings is 1. The number of hydrogen-bond acceptors (Lipinski definition) is 0. The third-order valence-corrected chi connectivity index (χ3v) is 2.73. The van der Waals surface area contributed by atoms with Crippen LogP contribution in [0, 0.1) is 20.8 Å². The molecule has 0 amide bonds. The zero-order valence-electron chi connectivity index (χ0n) is 8.73. The van der Waals surface area contributed by atoms with Gasteiger partial charge in [-0.05, 0) is 42.8 Å². The molecule has 0 heterocycles. The van der Waals surface area contributed by atoms with E-state index in [0.717, 1.165) is 0 Å². The topological polar surface area (TPSA) is 0 Å². The summed E-state index contributed by atoms with van der Waals surface area (Å²) in [5, 5.41) is 1.31. The van der Waals surface area contributed by atoms with Crippen LogP contribution in [0.1, 0.15) is 30.5 Å². The second kappa shape index (κ2) is 5.32. The first-order chi connectivity index (χ1) is 5.63. The van der Waals surface area contributed by atoms with Crippen molar-refractivity contribution in [3.8, 4) is 0 Å². The molecular weight excluding hydrogens is 163 g/mol. The van der Waals surface area contributed by atoms with Crippen LogP contribution in [0.2, 0.25) is 0 Å². The van der Waals surface area contributed by atoms with E-state index in [-0.39, 0.29) is 0 Å². The van der Waals surface area contributed by atoms with Crippen molar-refractivity contribution in [1.82, 2.24) is 0 Å². The van der Waals surface area contributed by atoms with E-state index in [4.69, 9.17) is 0 Å². The monoisotopic (exact) mass is 182 g/mol. The van der Waals surface area contributed by atoms with E-state index in [1.165, 1.54) is 22.0 Å². The molecule has 0 saturated heterocycles. The molecule has 0 aliphatic heterocycles. The summed E-state index contributed by atoms with van der Waals surface area (Å²) in [4.78, 5) is 0. The fourth-order valence-corrected chi connectivity index (χ4v) is 1.29. The molecule has 0 saturated carbocycles. The smallest absolute Gasteiger partial charge is 0.0271 e. The average Bonchev–Trinajstić information content (AvgIpc) is 2.12. The Balaban J connectivity index is 0.000000561. The molecule has 0 bridgehead atoms. The Kier molecular flexibility index (Phi) is 5.17. The van der Waals surface area contributed by atoms with Crippen LogP contribution >= 0.6 is 9.24 Å². The Morgan fingerprint density at radius 3 is 1.83 bits per heavy atom. The minimum atomic E-state index is 1.31. The highest BCUT2D eigenvalue weighted by molar-refractivity contribution is 7.27. The van der Waals surface area contributed by atoms with Gasteiger partial charge in [0.2, 0.25) is 0 Å². The van der Waals surface area contributed by atoms with Crippen LogP contribution in [-0.4, -0.2) is 0 Å². The zero-order chi connectivity index (χ0) is 9.72. The second-order valence-corrected chi connectivity index (χ2v) is 3.34. The standard InChI is InChI=1S/C9H13P.C2H6/c1-6-4-5-9(10)8(3)7(6)2;1-2/h4-5H,10H2,1-3H3;1-2H3. The molecule has 0 radical (unpaired) electrons. The van der Waals surface area contributed by atoms with Gasteiger partial charge in [-0.3, -0.25) is 0 Å². The molecule has 1 aromatic rings. The molecule has 68 valence electrons. The molecule has 1 aromatic carbocycles. The minimum Gasteiger partial charge on any atom is -0.105 e. The maximum absolute atomic E-state index is 2.74. The van der Waals surface area contributed by atoms with Gasteiger partial charge < -0.3 is 0 Å². The van der Waals surface area contributed by atoms with E-state index in [9.17, 15) is 0 Å². The Bertz CT molecular complexity index is 224. The van der Waals surface area contributed by atoms with Gasteiger partial charge in [0.15, 0.2) is 0 Å². The third-order valence-electron chi connectivity index (χ3n) is 2.10. The van der Waals surface area contributed by atoms with Crippen LogP contribution in [0.4, 0.5) is 0 Å². The predicted octanol–water partition coefficient (Wildman–Crippen LogP) is 3.14. The normalized spacial score (nSPS) is 8.83. The van der Waals surface area contributed by atoms with Crippen molar-refractivity contribution in [2.24, 2.45) is 0 Å². The Morgan fingerprint density at radius 1 is 0.917 bits per heavy atom. The van der Waals surface area contributed by atoms with Crippen molar-refractivity contribution in [3.63, 3.8) is 0 Å². The van der Waals surface area contributed by atoms with E-state index >= 15 is 0 Å². The van der Waals surface area contributed by atoms with Crippen LogP contribution < -0.4 is 5.30 Å². The molecular formula is C11H19P. The van der Waals surface area contributed by atoms with Crippen molar-refractivity contribution >= 4 is 14.5 Å². The van der Waals surface area contributed by atoms with Crippen molar-refractivity contribution in [2.45, 2.75) is 34.6 Å². The maximum Gasteiger partial charge on any atom is -0.0271 e. The van der Waals surface area contributed by atoms with Crippen LogP contribution in [0.15, 0.2) is 12.1 Å². The van der Waals surface area contributed by atoms with Gasteiger partial charge in [0.25, 0.3) is 0 Å². The van der Waals surface area contributed by atoms with Gasteiger partial charge in [-0.2, -0.15) is 0 Å². The first-order valence-electron chi connectivity index (χ1n) is 4.45. The van der Waals surface area contributed by atoms with Gasteiger partial charge in [-0.15, -0.1) is 9.24 Å². The average molecular weight is 182 g/mol. The summed E-state index contributed by atoms with van der Waals surface area (Å²) in [5.41, 5.74) is 4.18. The summed E-state index contributed by atoms with van der Waals surface area (Å²) >= 11 is 0. The van der Waals surface area contributed by atoms with E-state index in [2.05, 4.69) is 42.1 Å². The lowest BCUT2D eigenvalue weighted by atomic mass is 10.1. The molecule has 0 aliphatic rings. The summed E-state index contributed by atoms with van der Waals surface area (Å²) in [6.45, 7) is 10.5.